The minimum atomic E-state index is -0.167. The smallest absolute Gasteiger partial charge is 0.716 e. The fourth-order valence-corrected chi connectivity index (χ4v) is 0. The molecule has 0 bridgehead atoms. The van der Waals surface area contributed by atoms with E-state index in [1.165, 1.54) is 17.9 Å². The summed E-state index contributed by atoms with van der Waals surface area (Å²) in [5.74, 6) is 0. The second-order valence-electron chi connectivity index (χ2n) is 0.983. The van der Waals surface area contributed by atoms with Crippen LogP contribution in [0.15, 0.2) is 0 Å². The Morgan fingerprint density at radius 2 is 1.25 bits per heavy atom. The maximum atomic E-state index is 6.13. The summed E-state index contributed by atoms with van der Waals surface area (Å²) < 4.78 is 1.79. The van der Waals surface area contributed by atoms with E-state index in [-0.39, 0.29) is 25.7 Å². The van der Waals surface area contributed by atoms with Gasteiger partial charge in [0.15, 0.2) is 0 Å². The molecule has 0 spiro atoms. The minimum absolute atomic E-state index is 0. The molecule has 0 saturated heterocycles. The molecule has 0 saturated carbocycles. The zero-order valence-electron chi connectivity index (χ0n) is 6.30. The molecule has 0 aromatic carbocycles. The molecule has 67 valence electrons. The van der Waals surface area contributed by atoms with E-state index in [0.29, 0.717) is 0 Å². The van der Waals surface area contributed by atoms with Gasteiger partial charge in [0.25, 0.3) is 0 Å². The van der Waals surface area contributed by atoms with E-state index in [9.17, 15) is 0 Å². The normalized spacial score (nSPS) is 5.25. The maximum absolute atomic E-state index is 6.13. The quantitative estimate of drug-likeness (QED) is 0.388. The average Bonchev–Trinajstić information content (AvgIpc) is 1.60. The molecule has 2 nitrogen and oxygen atoms in total. The van der Waals surface area contributed by atoms with Crippen LogP contribution in [0.5, 0.6) is 0 Å². The summed E-state index contributed by atoms with van der Waals surface area (Å²) in [4.78, 5) is 0. The molecule has 0 atom stereocenters. The maximum Gasteiger partial charge on any atom is 2.00 e. The third kappa shape index (κ3) is 774. The molecule has 2 N–H and O–H groups in total. The third-order valence-electron chi connectivity index (χ3n) is 0. The van der Waals surface area contributed by atoms with E-state index in [1.807, 2.05) is 0 Å². The molecule has 0 heterocycles. The van der Waals surface area contributed by atoms with Crippen molar-refractivity contribution < 1.29 is 34.9 Å². The van der Waals surface area contributed by atoms with Crippen LogP contribution in [0.1, 0.15) is 6.92 Å². The Morgan fingerprint density at radius 3 is 1.25 bits per heavy atom. The first-order valence-electron chi connectivity index (χ1n) is 2.30. The van der Waals surface area contributed by atoms with Crippen molar-refractivity contribution in [2.24, 2.45) is 0 Å². The van der Waals surface area contributed by atoms with E-state index < -0.39 is 0 Å². The summed E-state index contributed by atoms with van der Waals surface area (Å²) in [5.41, 5.74) is 12.3. The molecule has 1 radical (unpaired) electrons. The van der Waals surface area contributed by atoms with Crippen LogP contribution >= 0.6 is 24.4 Å². The topological polar surface area (TPSA) is 47.6 Å². The summed E-state index contributed by atoms with van der Waals surface area (Å²) >= 11 is 17.4. The Labute approximate surface area is 115 Å². The molecule has 0 amide bonds. The van der Waals surface area contributed by atoms with Crippen molar-refractivity contribution in [3.05, 3.63) is 11.5 Å². The fraction of sp³-hybridized carbons (Fsp3) is 0.250. The largest absolute Gasteiger partial charge is 2.00 e. The molecule has 0 fully saturated rings. The SMILES string of the molecule is C[CH]=[Zn].[Mn+2].[NH-]C(=S)[S-].[NH-]C(=S)[S-]. The Balaban J connectivity index is -0.0000000389. The van der Waals surface area contributed by atoms with E-state index in [4.69, 9.17) is 11.5 Å². The van der Waals surface area contributed by atoms with Gasteiger partial charge >= 0.3 is 46.5 Å². The van der Waals surface area contributed by atoms with Crippen LogP contribution in [-0.4, -0.2) is 13.3 Å². The number of hydrogen-bond acceptors (Lipinski definition) is 4. The van der Waals surface area contributed by atoms with E-state index in [2.05, 4.69) is 61.2 Å². The molecule has 0 aromatic heterocycles. The van der Waals surface area contributed by atoms with Crippen molar-refractivity contribution in [2.75, 3.05) is 0 Å². The van der Waals surface area contributed by atoms with Crippen molar-refractivity contribution >= 4 is 62.9 Å². The summed E-state index contributed by atoms with van der Waals surface area (Å²) in [7, 11) is 0. The zero-order chi connectivity index (χ0) is 9.86. The molecule has 0 aliphatic rings. The van der Waals surface area contributed by atoms with Gasteiger partial charge in [0, 0.05) is 0 Å². The first kappa shape index (κ1) is 23.2. The summed E-state index contributed by atoms with van der Waals surface area (Å²) in [6.45, 7) is 2.06. The van der Waals surface area contributed by atoms with Gasteiger partial charge < -0.3 is 61.2 Å². The minimum Gasteiger partial charge on any atom is -0.716 e. The van der Waals surface area contributed by atoms with Crippen LogP contribution in [0, 0.1) is 0 Å². The second-order valence-corrected chi connectivity index (χ2v) is 4.85. The molecule has 0 unspecified atom stereocenters. The van der Waals surface area contributed by atoms with Crippen molar-refractivity contribution in [1.29, 1.82) is 0 Å². The van der Waals surface area contributed by atoms with Gasteiger partial charge in [0.1, 0.15) is 0 Å². The fourth-order valence-electron chi connectivity index (χ4n) is 0. The monoisotopic (exact) mass is 329 g/mol. The number of hydrogen-bond donors (Lipinski definition) is 0. The first-order chi connectivity index (χ1) is 4.88. The first-order valence-corrected chi connectivity index (χ1v) is 5.65. The molecule has 0 rings (SSSR count). The standard InChI is InChI=1S/C2H4.2CH3NS2.Mn.Zn/c1-2;2*2-1(3)4;;/h1H,2H3;2*(H3,2,3,4);;/q;;;+2;/p-4. The van der Waals surface area contributed by atoms with Crippen molar-refractivity contribution in [3.63, 3.8) is 0 Å². The summed E-state index contributed by atoms with van der Waals surface area (Å²) in [6, 6.07) is 0. The Bertz CT molecular complexity index is 112. The van der Waals surface area contributed by atoms with E-state index in [0.717, 1.165) is 0 Å². The van der Waals surface area contributed by atoms with Crippen molar-refractivity contribution in [1.82, 2.24) is 0 Å². The van der Waals surface area contributed by atoms with Crippen molar-refractivity contribution in [2.45, 2.75) is 6.92 Å². The van der Waals surface area contributed by atoms with Crippen LogP contribution in [0.3, 0.4) is 0 Å². The molecule has 12 heavy (non-hydrogen) atoms. The van der Waals surface area contributed by atoms with Crippen LogP contribution in [0.25, 0.3) is 11.5 Å². The third-order valence-corrected chi connectivity index (χ3v) is 0. The van der Waals surface area contributed by atoms with Gasteiger partial charge in [-0.15, -0.1) is 0 Å². The molecule has 0 aliphatic heterocycles. The van der Waals surface area contributed by atoms with Crippen molar-refractivity contribution in [3.8, 4) is 0 Å². The molecule has 8 heteroatoms. The van der Waals surface area contributed by atoms with Crippen LogP contribution in [0.2, 0.25) is 0 Å². The predicted molar refractivity (Wildman–Crippen MR) is 60.3 cm³/mol. The van der Waals surface area contributed by atoms with E-state index >= 15 is 0 Å². The van der Waals surface area contributed by atoms with Gasteiger partial charge in [-0.05, 0) is 0 Å². The van der Waals surface area contributed by atoms with Crippen LogP contribution in [0.4, 0.5) is 0 Å². The Morgan fingerprint density at radius 1 is 1.25 bits per heavy atom. The Hall–Kier alpha value is 1.23. The number of rotatable bonds is 0. The molecular formula is C4H6MnN2S4Zn-2. The average molecular weight is 331 g/mol. The zero-order valence-corrected chi connectivity index (χ0v) is 13.7. The number of nitrogens with one attached hydrogen (secondary N) is 2. The second kappa shape index (κ2) is 22.8. The molecule has 0 aromatic rings. The van der Waals surface area contributed by atoms with Gasteiger partial charge in [-0.3, -0.25) is 8.64 Å². The molecular weight excluding hydrogens is 325 g/mol. The van der Waals surface area contributed by atoms with Gasteiger partial charge in [-0.1, -0.05) is 0 Å². The van der Waals surface area contributed by atoms with Gasteiger partial charge in [-0.25, -0.2) is 0 Å². The number of thiocarbonyl (C=S) groups is 2. The predicted octanol–water partition coefficient (Wildman–Crippen LogP) is 2.09. The summed E-state index contributed by atoms with van der Waals surface area (Å²) in [5, 5.41) is 0. The van der Waals surface area contributed by atoms with Gasteiger partial charge in [0.2, 0.25) is 0 Å². The van der Waals surface area contributed by atoms with Gasteiger partial charge in [-0.2, -0.15) is 0 Å². The van der Waals surface area contributed by atoms with Crippen LogP contribution in [-0.2, 0) is 60.2 Å². The molecule has 0 aliphatic carbocycles. The van der Waals surface area contributed by atoms with E-state index in [1.54, 1.807) is 0 Å². The van der Waals surface area contributed by atoms with Crippen LogP contribution < -0.4 is 0 Å². The van der Waals surface area contributed by atoms with Gasteiger partial charge in [0.05, 0.1) is 0 Å². The Kier molecular flexibility index (Phi) is 44.1. The summed E-state index contributed by atoms with van der Waals surface area (Å²) in [6.07, 6.45) is 0.